The summed E-state index contributed by atoms with van der Waals surface area (Å²) in [4.78, 5) is 62.9. The molecule has 0 atom stereocenters. The number of carbonyl (C=O) groups excluding carboxylic acids is 4. The van der Waals surface area contributed by atoms with Gasteiger partial charge in [0.2, 0.25) is 19.5 Å². The minimum Gasteiger partial charge on any atom is -0.495 e. The molecule has 5 aliphatic rings. The van der Waals surface area contributed by atoms with Gasteiger partial charge in [0.15, 0.2) is 40.4 Å². The zero-order valence-corrected chi connectivity index (χ0v) is 38.6. The van der Waals surface area contributed by atoms with Gasteiger partial charge in [-0.3, -0.25) is 24.2 Å². The molecule has 5 aromatic rings. The van der Waals surface area contributed by atoms with Crippen LogP contribution in [0, 0.1) is 0 Å². The number of aromatic nitrogens is 1. The SMILES string of the molecule is C.CC(=O)c1ccc2[nH]c(O)c(C(=NC3CCN(C)CC3)c3ccc4c(c3)OCO4)c2c1.CN1CCC(N)CC1.CO/C(=C1\C(=O)N(C(C)=O)c2ccc(C(C)=O)cc21)c1ccc2c(c1)OCO2. The molecule has 68 heavy (non-hydrogen) atoms. The smallest absolute Gasteiger partial charge is 0.269 e. The summed E-state index contributed by atoms with van der Waals surface area (Å²) in [6.45, 7) is 8.95. The van der Waals surface area contributed by atoms with Crippen molar-refractivity contribution < 1.29 is 48.0 Å². The predicted molar refractivity (Wildman–Crippen MR) is 261 cm³/mol. The van der Waals surface area contributed by atoms with Crippen LogP contribution in [-0.2, 0) is 14.3 Å². The van der Waals surface area contributed by atoms with Gasteiger partial charge in [0.05, 0.1) is 35.7 Å². The fourth-order valence-electron chi connectivity index (χ4n) is 8.72. The Kier molecular flexibility index (Phi) is 15.0. The molecule has 2 saturated heterocycles. The van der Waals surface area contributed by atoms with Crippen LogP contribution in [0.25, 0.3) is 22.2 Å². The normalized spacial score (nSPS) is 17.7. The zero-order valence-electron chi connectivity index (χ0n) is 38.6. The number of hydrogen-bond donors (Lipinski definition) is 3. The van der Waals surface area contributed by atoms with E-state index >= 15 is 0 Å². The first-order valence-electron chi connectivity index (χ1n) is 22.4. The molecule has 358 valence electrons. The van der Waals surface area contributed by atoms with Gasteiger partial charge in [0.1, 0.15) is 5.76 Å². The molecule has 2 amide bonds. The minimum absolute atomic E-state index is 0. The molecule has 5 aliphatic heterocycles. The Hall–Kier alpha value is -7.01. The Labute approximate surface area is 396 Å². The molecular formula is C52H60N6O10. The lowest BCUT2D eigenvalue weighted by molar-refractivity contribution is -0.122. The molecule has 0 bridgehead atoms. The third-order valence-corrected chi connectivity index (χ3v) is 12.5. The summed E-state index contributed by atoms with van der Waals surface area (Å²) in [7, 11) is 5.71. The van der Waals surface area contributed by atoms with E-state index in [2.05, 4.69) is 28.9 Å². The van der Waals surface area contributed by atoms with Crippen molar-refractivity contribution in [3.8, 4) is 28.9 Å². The number of hydrogen-bond acceptors (Lipinski definition) is 14. The van der Waals surface area contributed by atoms with Crippen molar-refractivity contribution in [3.05, 3.63) is 106 Å². The van der Waals surface area contributed by atoms with E-state index in [1.807, 2.05) is 30.3 Å². The highest BCUT2D eigenvalue weighted by atomic mass is 16.7. The number of nitrogens with zero attached hydrogens (tertiary/aromatic N) is 4. The van der Waals surface area contributed by atoms with Gasteiger partial charge >= 0.3 is 0 Å². The van der Waals surface area contributed by atoms with Gasteiger partial charge in [-0.05, 0) is 153 Å². The number of amides is 2. The summed E-state index contributed by atoms with van der Waals surface area (Å²) >= 11 is 0. The molecule has 4 aromatic carbocycles. The summed E-state index contributed by atoms with van der Waals surface area (Å²) in [5.74, 6) is 1.75. The molecule has 2 fully saturated rings. The topological polar surface area (TPSA) is 199 Å². The quantitative estimate of drug-likeness (QED) is 0.0631. The summed E-state index contributed by atoms with van der Waals surface area (Å²) in [6.07, 6.45) is 4.26. The molecule has 16 heteroatoms. The first-order valence-corrected chi connectivity index (χ1v) is 22.4. The molecule has 4 N–H and O–H groups in total. The van der Waals surface area contributed by atoms with Crippen LogP contribution in [-0.4, -0.2) is 122 Å². The molecule has 1 aromatic heterocycles. The summed E-state index contributed by atoms with van der Waals surface area (Å²) in [6, 6.07) is 21.7. The molecule has 10 rings (SSSR count). The minimum atomic E-state index is -0.502. The lowest BCUT2D eigenvalue weighted by Crippen LogP contribution is -2.37. The molecule has 0 unspecified atom stereocenters. The highest BCUT2D eigenvalue weighted by Gasteiger charge is 2.39. The first kappa shape index (κ1) is 48.9. The molecule has 0 aliphatic carbocycles. The van der Waals surface area contributed by atoms with Crippen molar-refractivity contribution in [1.29, 1.82) is 0 Å². The van der Waals surface area contributed by atoms with Crippen molar-refractivity contribution >= 4 is 57.0 Å². The van der Waals surface area contributed by atoms with E-state index in [1.54, 1.807) is 49.4 Å². The Morgan fingerprint density at radius 1 is 0.721 bits per heavy atom. The number of fused-ring (bicyclic) bond motifs is 4. The molecule has 16 nitrogen and oxygen atoms in total. The maximum atomic E-state index is 13.1. The van der Waals surface area contributed by atoms with Crippen LogP contribution >= 0.6 is 0 Å². The van der Waals surface area contributed by atoms with Crippen molar-refractivity contribution in [1.82, 2.24) is 14.8 Å². The lowest BCUT2D eigenvalue weighted by Gasteiger charge is -2.27. The molecule has 0 spiro atoms. The number of likely N-dealkylation sites (tertiary alicyclic amines) is 2. The van der Waals surface area contributed by atoms with Crippen LogP contribution in [0.1, 0.15) is 96.9 Å². The van der Waals surface area contributed by atoms with E-state index < -0.39 is 11.8 Å². The maximum Gasteiger partial charge on any atom is 0.269 e. The first-order chi connectivity index (χ1) is 32.2. The number of rotatable bonds is 7. The van der Waals surface area contributed by atoms with Crippen LogP contribution in [0.5, 0.6) is 28.9 Å². The van der Waals surface area contributed by atoms with E-state index in [1.165, 1.54) is 46.9 Å². The monoisotopic (exact) mass is 928 g/mol. The number of aliphatic imine (C=N–C) groups is 1. The molecule has 0 saturated carbocycles. The fourth-order valence-corrected chi connectivity index (χ4v) is 8.72. The van der Waals surface area contributed by atoms with Gasteiger partial charge in [0, 0.05) is 51.7 Å². The number of methoxy groups -OCH3 is 1. The number of nitrogens with two attached hydrogens (primary N) is 1. The van der Waals surface area contributed by atoms with Crippen molar-refractivity contribution in [3.63, 3.8) is 0 Å². The number of ketones is 2. The molecule has 6 heterocycles. The number of nitrogens with one attached hydrogen (secondary N) is 1. The number of benzene rings is 4. The molecular weight excluding hydrogens is 869 g/mol. The number of aromatic hydroxyl groups is 1. The van der Waals surface area contributed by atoms with Crippen LogP contribution in [0.15, 0.2) is 77.8 Å². The standard InChI is InChI=1S/C24H25N3O4.C21H17NO6.C6H14N2.CH4/c1-14(28)15-3-5-19-18(11-15)22(24(29)26-19)23(25-17-7-9-27(2)10-8-17)16-4-6-20-21(12-16)31-13-30-20;1-11(23)13-4-6-16-15(8-13)19(21(25)22(16)12(2)24)20(26-3)14-5-7-17-18(9-14)28-10-27-17;1-8-4-2-6(7)3-5-8;/h3-6,11-12,17,26,29H,7-10,13H2,1-2H3;4-9H,10H2,1-3H3;6H,2-5,7H2,1H3;1H4/b;20-19-;;. The summed E-state index contributed by atoms with van der Waals surface area (Å²) in [5, 5.41) is 11.6. The number of ether oxygens (including phenoxy) is 5. The van der Waals surface area contributed by atoms with Crippen LogP contribution < -0.4 is 29.6 Å². The van der Waals surface area contributed by atoms with Gasteiger partial charge < -0.3 is 49.3 Å². The van der Waals surface area contributed by atoms with Gasteiger partial charge in [-0.2, -0.15) is 0 Å². The number of anilines is 1. The number of imide groups is 1. The third-order valence-electron chi connectivity index (χ3n) is 12.5. The van der Waals surface area contributed by atoms with Gasteiger partial charge in [-0.1, -0.05) is 7.43 Å². The van der Waals surface area contributed by atoms with E-state index in [4.69, 9.17) is 34.4 Å². The highest BCUT2D eigenvalue weighted by Crippen LogP contribution is 2.44. The van der Waals surface area contributed by atoms with Crippen LogP contribution in [0.4, 0.5) is 5.69 Å². The summed E-state index contributed by atoms with van der Waals surface area (Å²) in [5.41, 5.74) is 11.3. The second-order valence-corrected chi connectivity index (χ2v) is 17.3. The van der Waals surface area contributed by atoms with E-state index in [9.17, 15) is 24.3 Å². The number of Topliss-reactive ketones (excluding diaryl/α,β-unsaturated/α-hetero) is 2. The number of carbonyl (C=O) groups is 4. The van der Waals surface area contributed by atoms with E-state index in [-0.39, 0.29) is 55.8 Å². The van der Waals surface area contributed by atoms with Crippen molar-refractivity contribution in [2.45, 2.75) is 66.0 Å². The zero-order chi connectivity index (χ0) is 47.5. The maximum absolute atomic E-state index is 13.1. The van der Waals surface area contributed by atoms with Gasteiger partial charge in [0.25, 0.3) is 5.91 Å². The Bertz CT molecular complexity index is 2790. The average molecular weight is 929 g/mol. The average Bonchev–Trinajstić information content (AvgIpc) is 4.11. The fraction of sp³-hybridized carbons (Fsp3) is 0.365. The van der Waals surface area contributed by atoms with Crippen LogP contribution in [0.2, 0.25) is 0 Å². The Morgan fingerprint density at radius 3 is 1.82 bits per heavy atom. The number of aromatic amines is 1. The Morgan fingerprint density at radius 2 is 1.25 bits per heavy atom. The number of H-pyrrole nitrogens is 1. The van der Waals surface area contributed by atoms with Gasteiger partial charge in [-0.15, -0.1) is 0 Å². The van der Waals surface area contributed by atoms with Crippen molar-refractivity contribution in [2.75, 3.05) is 65.9 Å². The lowest BCUT2D eigenvalue weighted by atomic mass is 9.97. The van der Waals surface area contributed by atoms with E-state index in [0.717, 1.165) is 47.3 Å². The largest absolute Gasteiger partial charge is 0.495 e. The van der Waals surface area contributed by atoms with E-state index in [0.29, 0.717) is 68.3 Å². The van der Waals surface area contributed by atoms with Crippen LogP contribution in [0.3, 0.4) is 0 Å². The number of piperidine rings is 2. The predicted octanol–water partition coefficient (Wildman–Crippen LogP) is 7.44. The Balaban J connectivity index is 0.000000172. The van der Waals surface area contributed by atoms with Gasteiger partial charge in [-0.25, -0.2) is 4.90 Å². The third kappa shape index (κ3) is 10.3. The highest BCUT2D eigenvalue weighted by molar-refractivity contribution is 6.43. The second kappa shape index (κ2) is 20.9. The van der Waals surface area contributed by atoms with Crippen molar-refractivity contribution in [2.24, 2.45) is 10.7 Å². The molecule has 0 radical (unpaired) electrons. The summed E-state index contributed by atoms with van der Waals surface area (Å²) < 4.78 is 27.3. The second-order valence-electron chi connectivity index (χ2n) is 17.3.